The number of hydrogen-bond acceptors (Lipinski definition) is 5. The Morgan fingerprint density at radius 1 is 1.07 bits per heavy atom. The summed E-state index contributed by atoms with van der Waals surface area (Å²) in [7, 11) is 1.68. The van der Waals surface area contributed by atoms with Gasteiger partial charge in [0.2, 0.25) is 12.1 Å². The molecule has 2 aromatic rings. The fourth-order valence-corrected chi connectivity index (χ4v) is 6.51. The maximum atomic E-state index is 13.8. The first-order chi connectivity index (χ1) is 19.4. The van der Waals surface area contributed by atoms with E-state index in [1.165, 1.54) is 11.3 Å². The first kappa shape index (κ1) is 28.8. The predicted octanol–water partition coefficient (Wildman–Crippen LogP) is 5.50. The van der Waals surface area contributed by atoms with Crippen molar-refractivity contribution >= 4 is 34.8 Å². The van der Waals surface area contributed by atoms with Gasteiger partial charge in [0.05, 0.1) is 36.1 Å². The summed E-state index contributed by atoms with van der Waals surface area (Å²) < 4.78 is 6.07. The number of benzodiazepines with no additional fused rings is 1. The summed E-state index contributed by atoms with van der Waals surface area (Å²) in [4.78, 5) is 33.8. The molecule has 3 unspecified atom stereocenters. The number of nitrogens with one attached hydrogen (secondary N) is 1. The minimum absolute atomic E-state index is 0.121. The van der Waals surface area contributed by atoms with Gasteiger partial charge in [-0.05, 0) is 43.4 Å². The molecule has 2 saturated carbocycles. The van der Waals surface area contributed by atoms with Gasteiger partial charge >= 0.3 is 0 Å². The fraction of sp³-hybridized carbons (Fsp3) is 0.531. The van der Waals surface area contributed by atoms with Crippen LogP contribution < -0.4 is 10.2 Å². The number of likely N-dealkylation sites (N-methyl/N-ethyl adjacent to an activating group) is 1. The lowest BCUT2D eigenvalue weighted by Gasteiger charge is -2.29. The second-order valence-electron chi connectivity index (χ2n) is 11.5. The number of hydrogen-bond donors (Lipinski definition) is 2. The molecule has 0 bridgehead atoms. The van der Waals surface area contributed by atoms with Crippen LogP contribution in [0.1, 0.15) is 75.3 Å². The second-order valence-corrected chi connectivity index (χ2v) is 11.9. The molecule has 2 aromatic carbocycles. The van der Waals surface area contributed by atoms with Crippen molar-refractivity contribution in [3.8, 4) is 0 Å². The number of benzene rings is 2. The van der Waals surface area contributed by atoms with Crippen molar-refractivity contribution in [3.05, 3.63) is 64.7 Å². The average Bonchev–Trinajstić information content (AvgIpc) is 3.47. The highest BCUT2D eigenvalue weighted by Crippen LogP contribution is 2.33. The van der Waals surface area contributed by atoms with Gasteiger partial charge in [0.25, 0.3) is 5.91 Å². The van der Waals surface area contributed by atoms with E-state index < -0.39 is 18.2 Å². The van der Waals surface area contributed by atoms with Crippen molar-refractivity contribution in [2.75, 3.05) is 18.6 Å². The minimum Gasteiger partial charge on any atom is -0.390 e. The minimum atomic E-state index is -1.14. The number of amides is 2. The average molecular weight is 566 g/mol. The van der Waals surface area contributed by atoms with E-state index in [1.54, 1.807) is 25.2 Å². The van der Waals surface area contributed by atoms with E-state index in [-0.39, 0.29) is 24.5 Å². The molecule has 5 rings (SSSR count). The zero-order valence-electron chi connectivity index (χ0n) is 23.2. The van der Waals surface area contributed by atoms with Crippen LogP contribution in [0.15, 0.2) is 53.5 Å². The van der Waals surface area contributed by atoms with Crippen LogP contribution in [-0.2, 0) is 14.3 Å². The number of aliphatic hydroxyl groups excluding tert-OH is 1. The normalized spacial score (nSPS) is 21.9. The summed E-state index contributed by atoms with van der Waals surface area (Å²) in [6.45, 7) is 0.121. The first-order valence-corrected chi connectivity index (χ1v) is 15.1. The molecule has 40 heavy (non-hydrogen) atoms. The molecule has 7 nitrogen and oxygen atoms in total. The molecule has 0 spiro atoms. The van der Waals surface area contributed by atoms with E-state index in [0.717, 1.165) is 62.5 Å². The Morgan fingerprint density at radius 3 is 2.50 bits per heavy atom. The van der Waals surface area contributed by atoms with Crippen LogP contribution in [-0.4, -0.2) is 54.7 Å². The van der Waals surface area contributed by atoms with E-state index in [1.807, 2.05) is 30.3 Å². The molecule has 214 valence electrons. The third kappa shape index (κ3) is 6.76. The standard InChI is InChI=1S/C32H40ClN3O4/c1-36-27-17-16-23(33)19-25(27)29(22-12-4-2-5-13-22)34-30(32(36)39)35-31(38)26(18-21-10-8-9-11-21)28(37)20-40-24-14-6-3-7-15-24/h2,4-5,12-13,16-17,19,21,24,26,28,30,37H,3,6-11,14-15,18,20H2,1H3,(H,35,38). The Labute approximate surface area is 242 Å². The van der Waals surface area contributed by atoms with Gasteiger partial charge in [-0.1, -0.05) is 86.9 Å². The van der Waals surface area contributed by atoms with Crippen molar-refractivity contribution in [2.24, 2.45) is 16.8 Å². The third-order valence-electron chi connectivity index (χ3n) is 8.64. The summed E-state index contributed by atoms with van der Waals surface area (Å²) in [5, 5.41) is 14.7. The molecule has 2 amide bonds. The number of aliphatic imine (C=N–C) groups is 1. The van der Waals surface area contributed by atoms with Crippen LogP contribution in [0.2, 0.25) is 5.02 Å². The van der Waals surface area contributed by atoms with E-state index in [2.05, 4.69) is 5.32 Å². The Kier molecular flexibility index (Phi) is 9.56. The van der Waals surface area contributed by atoms with Crippen molar-refractivity contribution in [1.29, 1.82) is 0 Å². The molecule has 2 aliphatic carbocycles. The highest BCUT2D eigenvalue weighted by molar-refractivity contribution is 6.32. The Morgan fingerprint density at radius 2 is 1.77 bits per heavy atom. The van der Waals surface area contributed by atoms with Gasteiger partial charge in [0, 0.05) is 23.2 Å². The quantitative estimate of drug-likeness (QED) is 0.420. The zero-order valence-corrected chi connectivity index (χ0v) is 24.0. The fourth-order valence-electron chi connectivity index (χ4n) is 6.33. The summed E-state index contributed by atoms with van der Waals surface area (Å²) in [6.07, 6.45) is 8.51. The van der Waals surface area contributed by atoms with Crippen molar-refractivity contribution in [2.45, 2.75) is 82.6 Å². The largest absolute Gasteiger partial charge is 0.390 e. The molecule has 3 atom stereocenters. The number of ether oxygens (including phenoxy) is 1. The number of fused-ring (bicyclic) bond motifs is 1. The van der Waals surface area contributed by atoms with E-state index in [0.29, 0.717) is 28.8 Å². The topological polar surface area (TPSA) is 91.2 Å². The molecule has 0 aromatic heterocycles. The molecule has 2 N–H and O–H groups in total. The number of carbonyl (C=O) groups excluding carboxylic acids is 2. The maximum Gasteiger partial charge on any atom is 0.272 e. The summed E-state index contributed by atoms with van der Waals surface area (Å²) in [5.74, 6) is -1.02. The van der Waals surface area contributed by atoms with Crippen LogP contribution in [0.25, 0.3) is 0 Å². The highest BCUT2D eigenvalue weighted by atomic mass is 35.5. The molecular weight excluding hydrogens is 526 g/mol. The summed E-state index contributed by atoms with van der Waals surface area (Å²) >= 11 is 6.36. The molecule has 0 saturated heterocycles. The van der Waals surface area contributed by atoms with Gasteiger partial charge in [-0.25, -0.2) is 4.99 Å². The van der Waals surface area contributed by atoms with Crippen molar-refractivity contribution in [3.63, 3.8) is 0 Å². The molecule has 3 aliphatic rings. The number of nitrogens with zero attached hydrogens (tertiary/aromatic N) is 2. The van der Waals surface area contributed by atoms with E-state index in [9.17, 15) is 14.7 Å². The number of anilines is 1. The summed E-state index contributed by atoms with van der Waals surface area (Å²) in [5.41, 5.74) is 2.78. The Hall–Kier alpha value is -2.74. The SMILES string of the molecule is CN1C(=O)C(NC(=O)C(CC2CCCC2)C(O)COC2CCCCC2)N=C(c2ccccc2)c2cc(Cl)ccc21. The lowest BCUT2D eigenvalue weighted by atomic mass is 9.88. The highest BCUT2D eigenvalue weighted by Gasteiger charge is 2.36. The second kappa shape index (κ2) is 13.3. The zero-order chi connectivity index (χ0) is 28.1. The molecule has 1 aliphatic heterocycles. The number of carbonyl (C=O) groups is 2. The van der Waals surface area contributed by atoms with Gasteiger partial charge in [-0.2, -0.15) is 0 Å². The van der Waals surface area contributed by atoms with Gasteiger partial charge in [-0.15, -0.1) is 0 Å². The van der Waals surface area contributed by atoms with Crippen LogP contribution in [0.5, 0.6) is 0 Å². The summed E-state index contributed by atoms with van der Waals surface area (Å²) in [6, 6.07) is 14.9. The van der Waals surface area contributed by atoms with Crippen LogP contribution in [0.3, 0.4) is 0 Å². The predicted molar refractivity (Wildman–Crippen MR) is 158 cm³/mol. The van der Waals surface area contributed by atoms with E-state index >= 15 is 0 Å². The van der Waals surface area contributed by atoms with Crippen molar-refractivity contribution < 1.29 is 19.4 Å². The lowest BCUT2D eigenvalue weighted by molar-refractivity contribution is -0.135. The number of halogens is 1. The molecular formula is C32H40ClN3O4. The lowest BCUT2D eigenvalue weighted by Crippen LogP contribution is -2.50. The van der Waals surface area contributed by atoms with Gasteiger partial charge < -0.3 is 20.1 Å². The number of aliphatic hydroxyl groups is 1. The van der Waals surface area contributed by atoms with E-state index in [4.69, 9.17) is 21.3 Å². The molecule has 2 fully saturated rings. The smallest absolute Gasteiger partial charge is 0.272 e. The Bertz CT molecular complexity index is 1210. The molecule has 0 radical (unpaired) electrons. The molecule has 1 heterocycles. The van der Waals surface area contributed by atoms with Gasteiger partial charge in [-0.3, -0.25) is 9.59 Å². The maximum absolute atomic E-state index is 13.8. The van der Waals surface area contributed by atoms with Gasteiger partial charge in [0.1, 0.15) is 0 Å². The molecule has 8 heteroatoms. The monoisotopic (exact) mass is 565 g/mol. The van der Waals surface area contributed by atoms with Gasteiger partial charge in [0.15, 0.2) is 0 Å². The van der Waals surface area contributed by atoms with Crippen LogP contribution >= 0.6 is 11.6 Å². The number of rotatable bonds is 9. The Balaban J connectivity index is 1.40. The third-order valence-corrected chi connectivity index (χ3v) is 8.88. The van der Waals surface area contributed by atoms with Crippen LogP contribution in [0, 0.1) is 11.8 Å². The van der Waals surface area contributed by atoms with Crippen LogP contribution in [0.4, 0.5) is 5.69 Å². The first-order valence-electron chi connectivity index (χ1n) is 14.7. The van der Waals surface area contributed by atoms with Crippen molar-refractivity contribution in [1.82, 2.24) is 5.32 Å².